The molecule has 1 aliphatic heterocycles. The Bertz CT molecular complexity index is 549. The Kier molecular flexibility index (Phi) is 4.16. The van der Waals surface area contributed by atoms with Crippen molar-refractivity contribution in [1.29, 1.82) is 0 Å². The summed E-state index contributed by atoms with van der Waals surface area (Å²) in [5.41, 5.74) is -0.536. The summed E-state index contributed by atoms with van der Waals surface area (Å²) >= 11 is 0. The third-order valence-corrected chi connectivity index (χ3v) is 3.09. The Morgan fingerprint density at radius 1 is 1.45 bits per heavy atom. The van der Waals surface area contributed by atoms with E-state index in [1.54, 1.807) is 0 Å². The lowest BCUT2D eigenvalue weighted by atomic mass is 10.1. The number of carbonyl (C=O) groups excluding carboxylic acids is 2. The van der Waals surface area contributed by atoms with Crippen LogP contribution in [-0.4, -0.2) is 31.5 Å². The predicted octanol–water partition coefficient (Wildman–Crippen LogP) is 0.982. The number of halogens is 2. The number of methoxy groups -OCH3 is 1. The molecule has 1 unspecified atom stereocenters. The highest BCUT2D eigenvalue weighted by atomic mass is 19.2. The number of nitrogens with one attached hydrogen (secondary N) is 2. The van der Waals surface area contributed by atoms with E-state index in [0.717, 1.165) is 12.1 Å². The van der Waals surface area contributed by atoms with Crippen molar-refractivity contribution in [3.05, 3.63) is 29.3 Å². The third kappa shape index (κ3) is 2.71. The molecule has 7 heteroatoms. The fraction of sp³-hybridized carbons (Fsp3) is 0.385. The second-order valence-electron chi connectivity index (χ2n) is 4.40. The Balaban J connectivity index is 2.24. The molecule has 1 fully saturated rings. The summed E-state index contributed by atoms with van der Waals surface area (Å²) < 4.78 is 31.8. The second-order valence-corrected chi connectivity index (χ2v) is 4.40. The van der Waals surface area contributed by atoms with Crippen molar-refractivity contribution < 1.29 is 23.1 Å². The third-order valence-electron chi connectivity index (χ3n) is 3.09. The fourth-order valence-electron chi connectivity index (χ4n) is 2.05. The predicted molar refractivity (Wildman–Crippen MR) is 66.4 cm³/mol. The molecule has 0 aliphatic carbocycles. The van der Waals surface area contributed by atoms with Crippen LogP contribution in [0.2, 0.25) is 0 Å². The molecule has 2 rings (SSSR count). The van der Waals surface area contributed by atoms with E-state index < -0.39 is 29.1 Å². The minimum Gasteiger partial charge on any atom is -0.496 e. The lowest BCUT2D eigenvalue weighted by Crippen LogP contribution is -2.50. The second kappa shape index (κ2) is 5.85. The number of rotatable bonds is 3. The molecular formula is C13H14F2N2O3. The first kappa shape index (κ1) is 14.2. The average molecular weight is 284 g/mol. The highest BCUT2D eigenvalue weighted by Crippen LogP contribution is 2.23. The van der Waals surface area contributed by atoms with Crippen molar-refractivity contribution in [2.24, 2.45) is 0 Å². The molecule has 2 N–H and O–H groups in total. The number of piperidine rings is 1. The molecule has 1 heterocycles. The SMILES string of the molecule is COc1ccc(F)c(F)c1C(=O)NC1CCCNC1=O. The van der Waals surface area contributed by atoms with E-state index in [4.69, 9.17) is 4.74 Å². The van der Waals surface area contributed by atoms with Gasteiger partial charge in [-0.2, -0.15) is 0 Å². The molecule has 0 radical (unpaired) electrons. The summed E-state index contributed by atoms with van der Waals surface area (Å²) in [5.74, 6) is -3.74. The standard InChI is InChI=1S/C13H14F2N2O3/c1-20-9-5-4-7(14)11(15)10(9)13(19)17-8-3-2-6-16-12(8)18/h4-5,8H,2-3,6H2,1H3,(H,16,18)(H,17,19). The molecule has 5 nitrogen and oxygen atoms in total. The Hall–Kier alpha value is -2.18. The lowest BCUT2D eigenvalue weighted by Gasteiger charge is -2.23. The summed E-state index contributed by atoms with van der Waals surface area (Å²) in [6.07, 6.45) is 1.16. The molecule has 1 saturated heterocycles. The van der Waals surface area contributed by atoms with E-state index in [9.17, 15) is 18.4 Å². The first-order chi connectivity index (χ1) is 9.54. The fourth-order valence-corrected chi connectivity index (χ4v) is 2.05. The lowest BCUT2D eigenvalue weighted by molar-refractivity contribution is -0.124. The van der Waals surface area contributed by atoms with Crippen LogP contribution in [0.5, 0.6) is 5.75 Å². The van der Waals surface area contributed by atoms with Gasteiger partial charge >= 0.3 is 0 Å². The van der Waals surface area contributed by atoms with Gasteiger partial charge in [0.25, 0.3) is 5.91 Å². The van der Waals surface area contributed by atoms with Gasteiger partial charge in [-0.15, -0.1) is 0 Å². The van der Waals surface area contributed by atoms with Crippen molar-refractivity contribution in [3.63, 3.8) is 0 Å². The van der Waals surface area contributed by atoms with Gasteiger partial charge in [0.05, 0.1) is 7.11 Å². The minimum absolute atomic E-state index is 0.0855. The molecule has 0 aromatic heterocycles. The van der Waals surface area contributed by atoms with Gasteiger partial charge in [0.2, 0.25) is 5.91 Å². The molecule has 0 saturated carbocycles. The van der Waals surface area contributed by atoms with Gasteiger partial charge in [-0.05, 0) is 25.0 Å². The highest BCUT2D eigenvalue weighted by molar-refractivity contribution is 6.00. The first-order valence-electron chi connectivity index (χ1n) is 6.15. The number of hydrogen-bond donors (Lipinski definition) is 2. The molecule has 1 atom stereocenters. The molecule has 20 heavy (non-hydrogen) atoms. The molecule has 1 aromatic carbocycles. The largest absolute Gasteiger partial charge is 0.496 e. The van der Waals surface area contributed by atoms with Crippen molar-refractivity contribution in [2.45, 2.75) is 18.9 Å². The van der Waals surface area contributed by atoms with Crippen LogP contribution in [0.15, 0.2) is 12.1 Å². The zero-order chi connectivity index (χ0) is 14.7. The molecule has 2 amide bonds. The maximum atomic E-state index is 13.7. The van der Waals surface area contributed by atoms with Crippen molar-refractivity contribution in [2.75, 3.05) is 13.7 Å². The number of carbonyl (C=O) groups is 2. The molecule has 1 aliphatic rings. The normalized spacial score (nSPS) is 18.4. The number of hydrogen-bond acceptors (Lipinski definition) is 3. The van der Waals surface area contributed by atoms with Gasteiger partial charge in [0, 0.05) is 6.54 Å². The van der Waals surface area contributed by atoms with Crippen LogP contribution in [0.25, 0.3) is 0 Å². The van der Waals surface area contributed by atoms with E-state index in [1.807, 2.05) is 0 Å². The van der Waals surface area contributed by atoms with Gasteiger partial charge in [0.15, 0.2) is 11.6 Å². The Morgan fingerprint density at radius 3 is 2.85 bits per heavy atom. The van der Waals surface area contributed by atoms with Crippen LogP contribution >= 0.6 is 0 Å². The zero-order valence-corrected chi connectivity index (χ0v) is 10.8. The summed E-state index contributed by atoms with van der Waals surface area (Å²) in [5, 5.41) is 4.98. The van der Waals surface area contributed by atoms with Gasteiger partial charge in [-0.1, -0.05) is 0 Å². The topological polar surface area (TPSA) is 67.4 Å². The first-order valence-corrected chi connectivity index (χ1v) is 6.15. The monoisotopic (exact) mass is 284 g/mol. The van der Waals surface area contributed by atoms with E-state index in [1.165, 1.54) is 7.11 Å². The van der Waals surface area contributed by atoms with E-state index in [0.29, 0.717) is 19.4 Å². The van der Waals surface area contributed by atoms with Gasteiger partial charge < -0.3 is 15.4 Å². The number of benzene rings is 1. The minimum atomic E-state index is -1.29. The molecule has 1 aromatic rings. The molecule has 0 bridgehead atoms. The van der Waals surface area contributed by atoms with Gasteiger partial charge in [-0.3, -0.25) is 9.59 Å². The molecule has 108 valence electrons. The van der Waals surface area contributed by atoms with Gasteiger partial charge in [-0.25, -0.2) is 8.78 Å². The number of amides is 2. The smallest absolute Gasteiger partial charge is 0.258 e. The van der Waals surface area contributed by atoms with Crippen LogP contribution in [0, 0.1) is 11.6 Å². The maximum Gasteiger partial charge on any atom is 0.258 e. The summed E-state index contributed by atoms with van der Waals surface area (Å²) in [4.78, 5) is 23.6. The average Bonchev–Trinajstić information content (AvgIpc) is 2.44. The summed E-state index contributed by atoms with van der Waals surface area (Å²) in [7, 11) is 1.25. The Morgan fingerprint density at radius 2 is 2.20 bits per heavy atom. The van der Waals surface area contributed by atoms with Crippen LogP contribution in [0.1, 0.15) is 23.2 Å². The molecule has 0 spiro atoms. The summed E-state index contributed by atoms with van der Waals surface area (Å²) in [6.45, 7) is 0.544. The van der Waals surface area contributed by atoms with Crippen LogP contribution in [-0.2, 0) is 4.79 Å². The highest BCUT2D eigenvalue weighted by Gasteiger charge is 2.27. The van der Waals surface area contributed by atoms with E-state index >= 15 is 0 Å². The zero-order valence-electron chi connectivity index (χ0n) is 10.8. The van der Waals surface area contributed by atoms with Crippen LogP contribution in [0.4, 0.5) is 8.78 Å². The van der Waals surface area contributed by atoms with E-state index in [2.05, 4.69) is 10.6 Å². The van der Waals surface area contributed by atoms with Crippen LogP contribution < -0.4 is 15.4 Å². The van der Waals surface area contributed by atoms with Crippen molar-refractivity contribution in [1.82, 2.24) is 10.6 Å². The Labute approximate surface area is 114 Å². The summed E-state index contributed by atoms with van der Waals surface area (Å²) in [6, 6.07) is 1.29. The van der Waals surface area contributed by atoms with Gasteiger partial charge in [0.1, 0.15) is 17.4 Å². The van der Waals surface area contributed by atoms with Crippen molar-refractivity contribution >= 4 is 11.8 Å². The quantitative estimate of drug-likeness (QED) is 0.869. The maximum absolute atomic E-state index is 13.7. The number of ether oxygens (including phenoxy) is 1. The van der Waals surface area contributed by atoms with Crippen molar-refractivity contribution in [3.8, 4) is 5.75 Å². The van der Waals surface area contributed by atoms with Crippen LogP contribution in [0.3, 0.4) is 0 Å². The van der Waals surface area contributed by atoms with E-state index in [-0.39, 0.29) is 11.7 Å². The molecular weight excluding hydrogens is 270 g/mol.